The maximum atomic E-state index is 6.12. The number of nitrogens with zero attached hydrogens (tertiary/aromatic N) is 1. The summed E-state index contributed by atoms with van der Waals surface area (Å²) in [5.74, 6) is 0.438. The van der Waals surface area contributed by atoms with Crippen molar-refractivity contribution in [3.63, 3.8) is 0 Å². The normalized spacial score (nSPS) is 18.1. The van der Waals surface area contributed by atoms with Crippen LogP contribution in [0.4, 0.5) is 0 Å². The average molecular weight is 361 g/mol. The number of hydrogen-bond donors (Lipinski definition) is 2. The van der Waals surface area contributed by atoms with E-state index in [0.29, 0.717) is 12.4 Å². The van der Waals surface area contributed by atoms with E-state index >= 15 is 0 Å². The molecule has 0 aromatic heterocycles. The Hall–Kier alpha value is -1.81. The van der Waals surface area contributed by atoms with Crippen molar-refractivity contribution in [3.8, 4) is 0 Å². The molecule has 0 saturated carbocycles. The quantitative estimate of drug-likeness (QED) is 0.394. The number of methoxy groups -OCH3 is 1. The summed E-state index contributed by atoms with van der Waals surface area (Å²) in [6.45, 7) is 20.2. The number of hydrogen-bond acceptors (Lipinski definition) is 4. The first-order valence-corrected chi connectivity index (χ1v) is 8.92. The molecule has 138 valence electrons. The second kappa shape index (κ2) is 9.04. The van der Waals surface area contributed by atoms with Crippen LogP contribution in [0.15, 0.2) is 69.2 Å². The van der Waals surface area contributed by atoms with E-state index in [9.17, 15) is 0 Å². The molecule has 0 radical (unpaired) electrons. The second-order valence-corrected chi connectivity index (χ2v) is 7.38. The fourth-order valence-corrected chi connectivity index (χ4v) is 3.14. The Bertz CT molecular complexity index is 689. The third-order valence-electron chi connectivity index (χ3n) is 4.58. The molecule has 1 rings (SSSR count). The second-order valence-electron chi connectivity index (χ2n) is 6.70. The number of nitrogens with two attached hydrogens (primary N) is 1. The van der Waals surface area contributed by atoms with E-state index in [4.69, 9.17) is 10.5 Å². The fraction of sp³-hybridized carbons (Fsp3) is 0.429. The van der Waals surface area contributed by atoms with Gasteiger partial charge in [-0.25, -0.2) is 0 Å². The average Bonchev–Trinajstić information content (AvgIpc) is 2.52. The van der Waals surface area contributed by atoms with Crippen LogP contribution >= 0.6 is 12.6 Å². The summed E-state index contributed by atoms with van der Waals surface area (Å²) >= 11 is 4.52. The lowest BCUT2D eigenvalue weighted by molar-refractivity contribution is 0.275. The molecule has 2 N–H and O–H groups in total. The summed E-state index contributed by atoms with van der Waals surface area (Å²) in [7, 11) is 1.60. The maximum Gasteiger partial charge on any atom is 0.189 e. The molecule has 0 unspecified atom stereocenters. The molecule has 1 heterocycles. The zero-order chi connectivity index (χ0) is 19.3. The Kier molecular flexibility index (Phi) is 7.68. The van der Waals surface area contributed by atoms with Crippen LogP contribution in [-0.2, 0) is 4.74 Å². The minimum atomic E-state index is 0.438. The van der Waals surface area contributed by atoms with E-state index in [1.54, 1.807) is 7.11 Å². The van der Waals surface area contributed by atoms with Gasteiger partial charge < -0.3 is 15.4 Å². The van der Waals surface area contributed by atoms with Crippen molar-refractivity contribution < 1.29 is 4.74 Å². The van der Waals surface area contributed by atoms with Gasteiger partial charge in [-0.3, -0.25) is 0 Å². The van der Waals surface area contributed by atoms with Crippen LogP contribution in [-0.4, -0.2) is 25.1 Å². The van der Waals surface area contributed by atoms with Gasteiger partial charge in [0.25, 0.3) is 0 Å². The lowest BCUT2D eigenvalue weighted by Crippen LogP contribution is -2.32. The van der Waals surface area contributed by atoms with Crippen LogP contribution < -0.4 is 5.73 Å². The van der Waals surface area contributed by atoms with Crippen molar-refractivity contribution in [2.45, 2.75) is 41.0 Å². The summed E-state index contributed by atoms with van der Waals surface area (Å²) < 4.78 is 5.32. The Balaban J connectivity index is 3.23. The van der Waals surface area contributed by atoms with Crippen molar-refractivity contribution >= 4 is 12.6 Å². The molecule has 1 aliphatic rings. The third kappa shape index (κ3) is 5.33. The first kappa shape index (κ1) is 21.2. The van der Waals surface area contributed by atoms with Gasteiger partial charge in [-0.2, -0.15) is 0 Å². The molecule has 25 heavy (non-hydrogen) atoms. The van der Waals surface area contributed by atoms with Gasteiger partial charge in [0.15, 0.2) is 5.88 Å². The molecule has 0 saturated heterocycles. The van der Waals surface area contributed by atoms with Crippen LogP contribution in [0.1, 0.15) is 41.0 Å². The van der Waals surface area contributed by atoms with E-state index in [2.05, 4.69) is 44.5 Å². The summed E-state index contributed by atoms with van der Waals surface area (Å²) in [5.41, 5.74) is 13.9. The minimum absolute atomic E-state index is 0.438. The summed E-state index contributed by atoms with van der Waals surface area (Å²) in [6.07, 6.45) is 3.02. The lowest BCUT2D eigenvalue weighted by atomic mass is 9.92. The zero-order valence-corrected chi connectivity index (χ0v) is 17.4. The van der Waals surface area contributed by atoms with E-state index < -0.39 is 0 Å². The largest absolute Gasteiger partial charge is 0.482 e. The van der Waals surface area contributed by atoms with Crippen LogP contribution in [0.3, 0.4) is 0 Å². The molecule has 0 atom stereocenters. The third-order valence-corrected chi connectivity index (χ3v) is 4.91. The van der Waals surface area contributed by atoms with Crippen molar-refractivity contribution in [2.75, 3.05) is 20.2 Å². The highest BCUT2D eigenvalue weighted by molar-refractivity contribution is 7.84. The van der Waals surface area contributed by atoms with E-state index in [0.717, 1.165) is 40.3 Å². The van der Waals surface area contributed by atoms with Gasteiger partial charge in [0, 0.05) is 24.4 Å². The number of ether oxygens (including phenoxy) is 1. The van der Waals surface area contributed by atoms with Crippen LogP contribution in [0.25, 0.3) is 0 Å². The predicted molar refractivity (Wildman–Crippen MR) is 112 cm³/mol. The highest BCUT2D eigenvalue weighted by Gasteiger charge is 2.23. The SMILES string of the molecule is C=C(C)/C=C(C)\C(CN1CCC(C)=C(/C(C)=C(/C)S)C1=C)=C(/N)OC. The highest BCUT2D eigenvalue weighted by Crippen LogP contribution is 2.34. The molecule has 0 aromatic rings. The van der Waals surface area contributed by atoms with Crippen molar-refractivity contribution in [2.24, 2.45) is 5.73 Å². The molecular weight excluding hydrogens is 328 g/mol. The van der Waals surface area contributed by atoms with Gasteiger partial charge in [0.2, 0.25) is 0 Å². The standard InChI is InChI=1S/C21H32N2OS/c1-13(2)11-15(4)19(21(22)24-8)12-23-10-9-14(3)20(17(23)6)16(5)18(7)25/h11,25H,1,6,9-10,12,22H2,2-5,7-8H3/b15-11-,18-16-,21-19+. The van der Waals surface area contributed by atoms with Crippen LogP contribution in [0, 0.1) is 0 Å². The number of thiol groups is 1. The summed E-state index contributed by atoms with van der Waals surface area (Å²) in [6, 6.07) is 0. The smallest absolute Gasteiger partial charge is 0.189 e. The fourth-order valence-electron chi connectivity index (χ4n) is 3.03. The van der Waals surface area contributed by atoms with Gasteiger partial charge in [-0.15, -0.1) is 12.6 Å². The van der Waals surface area contributed by atoms with E-state index in [1.165, 1.54) is 16.7 Å². The van der Waals surface area contributed by atoms with Crippen LogP contribution in [0.5, 0.6) is 0 Å². The topological polar surface area (TPSA) is 38.5 Å². The van der Waals surface area contributed by atoms with Crippen LogP contribution in [0.2, 0.25) is 0 Å². The molecular formula is C21H32N2OS. The first-order chi connectivity index (χ1) is 11.6. The Morgan fingerprint density at radius 3 is 2.40 bits per heavy atom. The van der Waals surface area contributed by atoms with Crippen molar-refractivity contribution in [1.29, 1.82) is 0 Å². The number of allylic oxidation sites excluding steroid dienone is 4. The van der Waals surface area contributed by atoms with E-state index in [1.807, 2.05) is 26.8 Å². The molecule has 0 fully saturated rings. The monoisotopic (exact) mass is 360 g/mol. The molecule has 0 bridgehead atoms. The van der Waals surface area contributed by atoms with Gasteiger partial charge in [0.1, 0.15) is 0 Å². The van der Waals surface area contributed by atoms with E-state index in [-0.39, 0.29) is 0 Å². The van der Waals surface area contributed by atoms with Crippen molar-refractivity contribution in [3.05, 3.63) is 69.2 Å². The molecule has 0 spiro atoms. The van der Waals surface area contributed by atoms with Gasteiger partial charge in [-0.1, -0.05) is 30.4 Å². The molecule has 3 nitrogen and oxygen atoms in total. The van der Waals surface area contributed by atoms with Gasteiger partial charge >= 0.3 is 0 Å². The predicted octanol–water partition coefficient (Wildman–Crippen LogP) is 5.09. The molecule has 1 aliphatic heterocycles. The lowest BCUT2D eigenvalue weighted by Gasteiger charge is -2.35. The molecule has 0 aromatic carbocycles. The van der Waals surface area contributed by atoms with Crippen molar-refractivity contribution in [1.82, 2.24) is 4.90 Å². The van der Waals surface area contributed by atoms with Gasteiger partial charge in [0.05, 0.1) is 7.11 Å². The highest BCUT2D eigenvalue weighted by atomic mass is 32.1. The molecule has 4 heteroatoms. The maximum absolute atomic E-state index is 6.12. The summed E-state index contributed by atoms with van der Waals surface area (Å²) in [5, 5.41) is 0. The first-order valence-electron chi connectivity index (χ1n) is 8.47. The van der Waals surface area contributed by atoms with Gasteiger partial charge in [-0.05, 0) is 62.7 Å². The Morgan fingerprint density at radius 2 is 1.92 bits per heavy atom. The Morgan fingerprint density at radius 1 is 1.32 bits per heavy atom. The molecule has 0 amide bonds. The minimum Gasteiger partial charge on any atom is -0.482 e. The summed E-state index contributed by atoms with van der Waals surface area (Å²) in [4.78, 5) is 3.28. The zero-order valence-electron chi connectivity index (χ0n) is 16.5. The Labute approximate surface area is 158 Å². The molecule has 0 aliphatic carbocycles. The number of rotatable bonds is 6.